The summed E-state index contributed by atoms with van der Waals surface area (Å²) in [6, 6.07) is 5.28. The highest BCUT2D eigenvalue weighted by molar-refractivity contribution is 6.31. The summed E-state index contributed by atoms with van der Waals surface area (Å²) in [5, 5.41) is 0.598. The largest absolute Gasteiger partial charge is 0.272 e. The van der Waals surface area contributed by atoms with Gasteiger partial charge in [0, 0.05) is 23.0 Å². The molecule has 0 radical (unpaired) electrons. The van der Waals surface area contributed by atoms with Crippen molar-refractivity contribution in [2.75, 3.05) is 0 Å². The highest BCUT2D eigenvalue weighted by atomic mass is 35.5. The Kier molecular flexibility index (Phi) is 2.56. The first-order valence-corrected chi connectivity index (χ1v) is 4.85. The van der Waals surface area contributed by atoms with Crippen LogP contribution in [0.3, 0.4) is 0 Å². The molecule has 2 aromatic rings. The molecule has 3 nitrogen and oxygen atoms in total. The third-order valence-corrected chi connectivity index (χ3v) is 2.65. The van der Waals surface area contributed by atoms with Gasteiger partial charge < -0.3 is 0 Å². The molecule has 4 heteroatoms. The van der Waals surface area contributed by atoms with Crippen molar-refractivity contribution >= 4 is 17.5 Å². The van der Waals surface area contributed by atoms with E-state index in [4.69, 9.17) is 11.6 Å². The lowest BCUT2D eigenvalue weighted by molar-refractivity contribution is 0.0959. The monoisotopic (exact) mass is 220 g/mol. The average Bonchev–Trinajstić information content (AvgIpc) is 2.74. The Balaban J connectivity index is 2.47. The van der Waals surface area contributed by atoms with Crippen molar-refractivity contribution in [1.29, 1.82) is 0 Å². The zero-order chi connectivity index (χ0) is 10.8. The Bertz CT molecular complexity index is 491. The minimum absolute atomic E-state index is 0.118. The second-order valence-electron chi connectivity index (χ2n) is 3.19. The standard InChI is InChI=1S/C11H9ClN2O/c1-8-9(3-2-4-10(8)12)11(15)14-6-5-13-7-14/h2-7H,1H3. The van der Waals surface area contributed by atoms with Crippen LogP contribution in [0.4, 0.5) is 0 Å². The van der Waals surface area contributed by atoms with E-state index in [1.165, 1.54) is 10.9 Å². The quantitative estimate of drug-likeness (QED) is 0.740. The summed E-state index contributed by atoms with van der Waals surface area (Å²) in [6.07, 6.45) is 4.66. The second kappa shape index (κ2) is 3.87. The van der Waals surface area contributed by atoms with E-state index in [0.717, 1.165) is 5.56 Å². The van der Waals surface area contributed by atoms with E-state index in [9.17, 15) is 4.79 Å². The third kappa shape index (κ3) is 1.78. The molecule has 0 N–H and O–H groups in total. The average molecular weight is 221 g/mol. The van der Waals surface area contributed by atoms with Crippen molar-refractivity contribution in [3.8, 4) is 0 Å². The van der Waals surface area contributed by atoms with E-state index >= 15 is 0 Å². The summed E-state index contributed by atoms with van der Waals surface area (Å²) >= 11 is 5.94. The van der Waals surface area contributed by atoms with Crippen molar-refractivity contribution in [1.82, 2.24) is 9.55 Å². The van der Waals surface area contributed by atoms with Crippen LogP contribution in [-0.2, 0) is 0 Å². The molecule has 2 rings (SSSR count). The zero-order valence-corrected chi connectivity index (χ0v) is 8.90. The normalized spacial score (nSPS) is 10.3. The summed E-state index contributed by atoms with van der Waals surface area (Å²) in [5.74, 6) is -0.118. The van der Waals surface area contributed by atoms with E-state index < -0.39 is 0 Å². The molecular formula is C11H9ClN2O. The lowest BCUT2D eigenvalue weighted by Crippen LogP contribution is -2.11. The predicted molar refractivity (Wildman–Crippen MR) is 58.1 cm³/mol. The molecule has 76 valence electrons. The molecular weight excluding hydrogens is 212 g/mol. The minimum atomic E-state index is -0.118. The molecule has 15 heavy (non-hydrogen) atoms. The van der Waals surface area contributed by atoms with Crippen LogP contribution in [-0.4, -0.2) is 15.5 Å². The highest BCUT2D eigenvalue weighted by Crippen LogP contribution is 2.19. The Morgan fingerprint density at radius 3 is 2.93 bits per heavy atom. The molecule has 0 amide bonds. The number of imidazole rings is 1. The SMILES string of the molecule is Cc1c(Cl)cccc1C(=O)n1ccnc1. The summed E-state index contributed by atoms with van der Waals surface area (Å²) < 4.78 is 1.43. The number of nitrogens with zero attached hydrogens (tertiary/aromatic N) is 2. The van der Waals surface area contributed by atoms with Crippen LogP contribution in [0.5, 0.6) is 0 Å². The van der Waals surface area contributed by atoms with Crippen LogP contribution in [0.25, 0.3) is 0 Å². The Hall–Kier alpha value is -1.61. The number of rotatable bonds is 1. The predicted octanol–water partition coefficient (Wildman–Crippen LogP) is 2.53. The number of hydrogen-bond donors (Lipinski definition) is 0. The molecule has 0 aliphatic carbocycles. The van der Waals surface area contributed by atoms with Crippen molar-refractivity contribution in [2.45, 2.75) is 6.92 Å². The van der Waals surface area contributed by atoms with E-state index in [2.05, 4.69) is 4.98 Å². The third-order valence-electron chi connectivity index (χ3n) is 2.24. The van der Waals surface area contributed by atoms with Gasteiger partial charge in [0.15, 0.2) is 0 Å². The lowest BCUT2D eigenvalue weighted by Gasteiger charge is -2.06. The van der Waals surface area contributed by atoms with Gasteiger partial charge >= 0.3 is 0 Å². The van der Waals surface area contributed by atoms with Gasteiger partial charge in [0.05, 0.1) is 0 Å². The van der Waals surface area contributed by atoms with Gasteiger partial charge in [-0.2, -0.15) is 0 Å². The molecule has 0 spiro atoms. The zero-order valence-electron chi connectivity index (χ0n) is 8.14. The van der Waals surface area contributed by atoms with Crippen LogP contribution in [0.2, 0.25) is 5.02 Å². The van der Waals surface area contributed by atoms with Gasteiger partial charge in [0.1, 0.15) is 6.33 Å². The fourth-order valence-electron chi connectivity index (χ4n) is 1.36. The Labute approximate surface area is 92.3 Å². The van der Waals surface area contributed by atoms with Crippen molar-refractivity contribution in [2.24, 2.45) is 0 Å². The number of carbonyl (C=O) groups excluding carboxylic acids is 1. The fourth-order valence-corrected chi connectivity index (χ4v) is 1.53. The minimum Gasteiger partial charge on any atom is -0.272 e. The van der Waals surface area contributed by atoms with E-state index in [-0.39, 0.29) is 5.91 Å². The maximum Gasteiger partial charge on any atom is 0.263 e. The van der Waals surface area contributed by atoms with Crippen LogP contribution >= 0.6 is 11.6 Å². The van der Waals surface area contributed by atoms with Crippen LogP contribution in [0, 0.1) is 6.92 Å². The molecule has 1 aromatic heterocycles. The number of aromatic nitrogens is 2. The lowest BCUT2D eigenvalue weighted by atomic mass is 10.1. The molecule has 0 saturated heterocycles. The highest BCUT2D eigenvalue weighted by Gasteiger charge is 2.11. The number of carbonyl (C=O) groups is 1. The topological polar surface area (TPSA) is 34.9 Å². The van der Waals surface area contributed by atoms with Gasteiger partial charge in [0.25, 0.3) is 5.91 Å². The molecule has 0 bridgehead atoms. The molecule has 0 atom stereocenters. The van der Waals surface area contributed by atoms with E-state index in [1.54, 1.807) is 30.6 Å². The van der Waals surface area contributed by atoms with Crippen molar-refractivity contribution in [3.63, 3.8) is 0 Å². The number of halogens is 1. The van der Waals surface area contributed by atoms with E-state index in [0.29, 0.717) is 10.6 Å². The first-order valence-electron chi connectivity index (χ1n) is 4.48. The van der Waals surface area contributed by atoms with Gasteiger partial charge in [-0.25, -0.2) is 4.98 Å². The summed E-state index contributed by atoms with van der Waals surface area (Å²) in [5.41, 5.74) is 1.39. The van der Waals surface area contributed by atoms with Gasteiger partial charge in [-0.15, -0.1) is 0 Å². The van der Waals surface area contributed by atoms with Crippen molar-refractivity contribution in [3.05, 3.63) is 53.1 Å². The number of benzene rings is 1. The van der Waals surface area contributed by atoms with Gasteiger partial charge in [-0.3, -0.25) is 9.36 Å². The molecule has 0 aliphatic rings. The first-order chi connectivity index (χ1) is 7.20. The van der Waals surface area contributed by atoms with Crippen LogP contribution in [0.15, 0.2) is 36.9 Å². The van der Waals surface area contributed by atoms with Crippen LogP contribution < -0.4 is 0 Å². The molecule has 0 unspecified atom stereocenters. The van der Waals surface area contributed by atoms with E-state index in [1.807, 2.05) is 6.92 Å². The summed E-state index contributed by atoms with van der Waals surface area (Å²) in [7, 11) is 0. The molecule has 0 fully saturated rings. The fraction of sp³-hybridized carbons (Fsp3) is 0.0909. The van der Waals surface area contributed by atoms with Gasteiger partial charge in [-0.05, 0) is 24.6 Å². The maximum atomic E-state index is 11.9. The molecule has 1 aromatic carbocycles. The molecule has 0 saturated carbocycles. The maximum absolute atomic E-state index is 11.9. The second-order valence-corrected chi connectivity index (χ2v) is 3.59. The Morgan fingerprint density at radius 2 is 2.27 bits per heavy atom. The molecule has 1 heterocycles. The Morgan fingerprint density at radius 1 is 1.47 bits per heavy atom. The summed E-state index contributed by atoms with van der Waals surface area (Å²) in [4.78, 5) is 15.8. The summed E-state index contributed by atoms with van der Waals surface area (Å²) in [6.45, 7) is 1.83. The number of hydrogen-bond acceptors (Lipinski definition) is 2. The molecule has 0 aliphatic heterocycles. The van der Waals surface area contributed by atoms with Crippen LogP contribution in [0.1, 0.15) is 15.9 Å². The van der Waals surface area contributed by atoms with Crippen molar-refractivity contribution < 1.29 is 4.79 Å². The smallest absolute Gasteiger partial charge is 0.263 e. The van der Waals surface area contributed by atoms with Gasteiger partial charge in [-0.1, -0.05) is 17.7 Å². The first kappa shape index (κ1) is 9.93. The van der Waals surface area contributed by atoms with Gasteiger partial charge in [0.2, 0.25) is 0 Å².